The zero-order valence-electron chi connectivity index (χ0n) is 9.24. The third kappa shape index (κ3) is 2.35. The molecule has 1 atom stereocenters. The van der Waals surface area contributed by atoms with E-state index in [1.165, 1.54) is 12.4 Å². The van der Waals surface area contributed by atoms with Crippen molar-refractivity contribution in [2.24, 2.45) is 0 Å². The predicted molar refractivity (Wildman–Crippen MR) is 61.9 cm³/mol. The largest absolute Gasteiger partial charge is 0.418 e. The fourth-order valence-electron chi connectivity index (χ4n) is 1.44. The average Bonchev–Trinajstić information content (AvgIpc) is 2.59. The van der Waals surface area contributed by atoms with Crippen LogP contribution in [0.15, 0.2) is 22.9 Å². The van der Waals surface area contributed by atoms with Crippen molar-refractivity contribution in [2.75, 3.05) is 0 Å². The third-order valence-electron chi connectivity index (χ3n) is 2.53. The number of rotatable bonds is 2. The van der Waals surface area contributed by atoms with Gasteiger partial charge in [-0.15, -0.1) is 0 Å². The molecule has 0 aliphatic heterocycles. The smallest absolute Gasteiger partial charge is 0.379 e. The number of aliphatic hydroxyl groups is 1. The Morgan fingerprint density at radius 2 is 2.06 bits per heavy atom. The highest BCUT2D eigenvalue weighted by molar-refractivity contribution is 9.10. The molecule has 0 saturated heterocycles. The normalized spacial score (nSPS) is 15.9. The minimum Gasteiger partial charge on any atom is -0.379 e. The maximum atomic E-state index is 12.6. The molecule has 0 fully saturated rings. The second-order valence-electron chi connectivity index (χ2n) is 4.13. The summed E-state index contributed by atoms with van der Waals surface area (Å²) in [5.74, 6) is 0. The Labute approximate surface area is 109 Å². The van der Waals surface area contributed by atoms with Crippen molar-refractivity contribution < 1.29 is 18.3 Å². The molecule has 1 unspecified atom stereocenters. The van der Waals surface area contributed by atoms with Crippen LogP contribution in [0.25, 0.3) is 11.0 Å². The van der Waals surface area contributed by atoms with Crippen molar-refractivity contribution in [1.82, 2.24) is 14.8 Å². The van der Waals surface area contributed by atoms with Crippen molar-refractivity contribution >= 4 is 27.0 Å². The van der Waals surface area contributed by atoms with E-state index in [4.69, 9.17) is 0 Å². The summed E-state index contributed by atoms with van der Waals surface area (Å²) in [5.41, 5.74) is -1.95. The molecule has 4 nitrogen and oxygen atoms in total. The molecule has 2 heterocycles. The van der Waals surface area contributed by atoms with Crippen LogP contribution in [0.5, 0.6) is 0 Å². The number of aromatic nitrogens is 3. The lowest BCUT2D eigenvalue weighted by molar-refractivity contribution is -0.257. The Morgan fingerprint density at radius 1 is 1.39 bits per heavy atom. The molecular weight excluding hydrogens is 315 g/mol. The minimum absolute atomic E-state index is 0.425. The van der Waals surface area contributed by atoms with Gasteiger partial charge in [0.15, 0.2) is 5.60 Å². The topological polar surface area (TPSA) is 50.9 Å². The van der Waals surface area contributed by atoms with Gasteiger partial charge in [-0.2, -0.15) is 18.3 Å². The van der Waals surface area contributed by atoms with Crippen molar-refractivity contribution in [2.45, 2.75) is 25.2 Å². The quantitative estimate of drug-likeness (QED) is 0.923. The Hall–Kier alpha value is -1.15. The summed E-state index contributed by atoms with van der Waals surface area (Å²) in [5, 5.41) is 13.2. The van der Waals surface area contributed by atoms with Gasteiger partial charge in [-0.1, -0.05) is 0 Å². The van der Waals surface area contributed by atoms with Gasteiger partial charge in [0.05, 0.1) is 18.3 Å². The van der Waals surface area contributed by atoms with Gasteiger partial charge in [0.25, 0.3) is 0 Å². The van der Waals surface area contributed by atoms with E-state index in [0.717, 1.165) is 4.68 Å². The van der Waals surface area contributed by atoms with Crippen LogP contribution in [-0.2, 0) is 6.54 Å². The van der Waals surface area contributed by atoms with Gasteiger partial charge in [0.1, 0.15) is 5.52 Å². The van der Waals surface area contributed by atoms with E-state index in [-0.39, 0.29) is 0 Å². The molecule has 2 rings (SSSR count). The van der Waals surface area contributed by atoms with E-state index in [9.17, 15) is 18.3 Å². The van der Waals surface area contributed by atoms with Gasteiger partial charge in [0, 0.05) is 10.7 Å². The summed E-state index contributed by atoms with van der Waals surface area (Å²) in [6.45, 7) is 0.0318. The van der Waals surface area contributed by atoms with Crippen molar-refractivity contribution in [3.63, 3.8) is 0 Å². The Morgan fingerprint density at radius 3 is 2.67 bits per heavy atom. The van der Waals surface area contributed by atoms with Gasteiger partial charge in [0.2, 0.25) is 0 Å². The van der Waals surface area contributed by atoms with Gasteiger partial charge in [-0.3, -0.25) is 9.67 Å². The molecule has 2 aromatic heterocycles. The number of nitrogens with zero attached hydrogens (tertiary/aromatic N) is 3. The first kappa shape index (κ1) is 13.3. The summed E-state index contributed by atoms with van der Waals surface area (Å²) in [4.78, 5) is 4.00. The number of alkyl halides is 3. The first-order valence-electron chi connectivity index (χ1n) is 4.97. The average molecular weight is 324 g/mol. The van der Waals surface area contributed by atoms with Crippen LogP contribution in [0.4, 0.5) is 13.2 Å². The molecule has 0 bridgehead atoms. The second kappa shape index (κ2) is 4.20. The molecule has 0 aliphatic carbocycles. The molecule has 0 radical (unpaired) electrons. The monoisotopic (exact) mass is 323 g/mol. The summed E-state index contributed by atoms with van der Waals surface area (Å²) in [7, 11) is 0. The standard InChI is InChI=1S/C10H9BrF3N3O/c1-9(18,10(12,13)14)5-17-8-2-6(11)3-15-7(8)4-16-17/h2-4,18H,5H2,1H3. The van der Waals surface area contributed by atoms with Gasteiger partial charge >= 0.3 is 6.18 Å². The zero-order valence-corrected chi connectivity index (χ0v) is 10.8. The molecule has 0 aromatic carbocycles. The predicted octanol–water partition coefficient (Wildman–Crippen LogP) is 2.51. The molecule has 1 N–H and O–H groups in total. The van der Waals surface area contributed by atoms with Crippen LogP contribution in [0.1, 0.15) is 6.92 Å². The molecule has 0 spiro atoms. The minimum atomic E-state index is -4.72. The summed E-state index contributed by atoms with van der Waals surface area (Å²) in [6, 6.07) is 1.60. The maximum absolute atomic E-state index is 12.6. The SMILES string of the molecule is CC(O)(Cn1ncc2ncc(Br)cc21)C(F)(F)F. The van der Waals surface area contributed by atoms with Gasteiger partial charge in [-0.05, 0) is 28.9 Å². The van der Waals surface area contributed by atoms with E-state index in [1.807, 2.05) is 0 Å². The molecule has 0 aliphatic rings. The second-order valence-corrected chi connectivity index (χ2v) is 5.05. The first-order chi connectivity index (χ1) is 8.21. The molecule has 18 heavy (non-hydrogen) atoms. The fraction of sp³-hybridized carbons (Fsp3) is 0.400. The van der Waals surface area contributed by atoms with Gasteiger partial charge in [-0.25, -0.2) is 0 Å². The lowest BCUT2D eigenvalue weighted by atomic mass is 10.1. The lowest BCUT2D eigenvalue weighted by Crippen LogP contribution is -2.45. The van der Waals surface area contributed by atoms with E-state index >= 15 is 0 Å². The molecule has 8 heteroatoms. The summed E-state index contributed by atoms with van der Waals surface area (Å²) in [6.07, 6.45) is -1.84. The third-order valence-corrected chi connectivity index (χ3v) is 2.96. The van der Waals surface area contributed by atoms with Crippen LogP contribution in [-0.4, -0.2) is 31.6 Å². The lowest BCUT2D eigenvalue weighted by Gasteiger charge is -2.26. The van der Waals surface area contributed by atoms with Crippen LogP contribution < -0.4 is 0 Å². The van der Waals surface area contributed by atoms with Crippen molar-refractivity contribution in [3.8, 4) is 0 Å². The van der Waals surface area contributed by atoms with E-state index in [0.29, 0.717) is 22.4 Å². The first-order valence-corrected chi connectivity index (χ1v) is 5.76. The fourth-order valence-corrected chi connectivity index (χ4v) is 1.76. The Bertz CT molecular complexity index is 579. The molecule has 0 amide bonds. The van der Waals surface area contributed by atoms with Crippen molar-refractivity contribution in [1.29, 1.82) is 0 Å². The zero-order chi connectivity index (χ0) is 13.6. The Balaban J connectivity index is 2.41. The number of hydrogen-bond donors (Lipinski definition) is 1. The molecular formula is C10H9BrF3N3O. The van der Waals surface area contributed by atoms with Crippen LogP contribution in [0.2, 0.25) is 0 Å². The number of pyridine rings is 1. The van der Waals surface area contributed by atoms with E-state index < -0.39 is 18.3 Å². The van der Waals surface area contributed by atoms with Crippen molar-refractivity contribution in [3.05, 3.63) is 22.9 Å². The van der Waals surface area contributed by atoms with E-state index in [1.54, 1.807) is 6.07 Å². The van der Waals surface area contributed by atoms with Crippen LogP contribution in [0.3, 0.4) is 0 Å². The van der Waals surface area contributed by atoms with Gasteiger partial charge < -0.3 is 5.11 Å². The number of hydrogen-bond acceptors (Lipinski definition) is 3. The van der Waals surface area contributed by atoms with E-state index in [2.05, 4.69) is 26.0 Å². The molecule has 0 saturated carbocycles. The highest BCUT2D eigenvalue weighted by Crippen LogP contribution is 2.32. The molecule has 2 aromatic rings. The maximum Gasteiger partial charge on any atom is 0.418 e. The molecule has 98 valence electrons. The van der Waals surface area contributed by atoms with Crippen LogP contribution >= 0.6 is 15.9 Å². The summed E-state index contributed by atoms with van der Waals surface area (Å²) >= 11 is 3.18. The highest BCUT2D eigenvalue weighted by Gasteiger charge is 2.50. The highest BCUT2D eigenvalue weighted by atomic mass is 79.9. The Kier molecular flexibility index (Phi) is 3.10. The van der Waals surface area contributed by atoms with Crippen LogP contribution in [0, 0.1) is 0 Å². The number of halogens is 4. The number of fused-ring (bicyclic) bond motifs is 1. The summed E-state index contributed by atoms with van der Waals surface area (Å²) < 4.78 is 39.5.